The predicted molar refractivity (Wildman–Crippen MR) is 63.0 cm³/mol. The van der Waals surface area contributed by atoms with Gasteiger partial charge in [0.2, 0.25) is 0 Å². The molecule has 0 radical (unpaired) electrons. The second-order valence-electron chi connectivity index (χ2n) is 3.35. The summed E-state index contributed by atoms with van der Waals surface area (Å²) in [6.45, 7) is 2.04. The lowest BCUT2D eigenvalue weighted by Gasteiger charge is -2.03. The molecule has 0 amide bonds. The highest BCUT2D eigenvalue weighted by Gasteiger charge is 2.05. The number of nitrogens with zero attached hydrogens (tertiary/aromatic N) is 2. The third kappa shape index (κ3) is 1.81. The maximum absolute atomic E-state index is 8.97. The van der Waals surface area contributed by atoms with Crippen molar-refractivity contribution in [2.75, 3.05) is 6.26 Å². The average molecular weight is 214 g/mol. The van der Waals surface area contributed by atoms with Gasteiger partial charge in [0.15, 0.2) is 0 Å². The number of fused-ring (bicyclic) bond motifs is 1. The largest absolute Gasteiger partial charge is 0.240 e. The van der Waals surface area contributed by atoms with Crippen LogP contribution in [0.3, 0.4) is 0 Å². The number of aryl methyl sites for hydroxylation is 1. The molecule has 2 rings (SSSR count). The first-order valence-corrected chi connectivity index (χ1v) is 5.82. The zero-order chi connectivity index (χ0) is 10.8. The molecule has 74 valence electrons. The molecule has 1 aromatic carbocycles. The molecule has 0 bridgehead atoms. The van der Waals surface area contributed by atoms with E-state index in [1.165, 1.54) is 17.3 Å². The van der Waals surface area contributed by atoms with Gasteiger partial charge in [-0.25, -0.2) is 4.98 Å². The lowest BCUT2D eigenvalue weighted by Crippen LogP contribution is -1.88. The monoisotopic (exact) mass is 214 g/mol. The van der Waals surface area contributed by atoms with Gasteiger partial charge in [0.05, 0.1) is 11.1 Å². The molecule has 0 aliphatic heterocycles. The van der Waals surface area contributed by atoms with Crippen LogP contribution in [0.15, 0.2) is 29.3 Å². The number of nitriles is 1. The van der Waals surface area contributed by atoms with Crippen molar-refractivity contribution in [3.8, 4) is 6.07 Å². The fourth-order valence-electron chi connectivity index (χ4n) is 1.51. The SMILES string of the molecule is CSc1nc2ccc(C)cc2cc1C#N. The molecule has 0 fully saturated rings. The summed E-state index contributed by atoms with van der Waals surface area (Å²) in [4.78, 5) is 4.45. The van der Waals surface area contributed by atoms with Crippen LogP contribution >= 0.6 is 11.8 Å². The van der Waals surface area contributed by atoms with E-state index in [0.29, 0.717) is 5.56 Å². The van der Waals surface area contributed by atoms with Crippen molar-refractivity contribution in [3.05, 3.63) is 35.4 Å². The summed E-state index contributed by atoms with van der Waals surface area (Å²) in [5.41, 5.74) is 2.79. The first-order chi connectivity index (χ1) is 7.24. The first kappa shape index (κ1) is 10.0. The summed E-state index contributed by atoms with van der Waals surface area (Å²) in [6, 6.07) is 10.2. The molecule has 2 aromatic rings. The predicted octanol–water partition coefficient (Wildman–Crippen LogP) is 3.14. The third-order valence-electron chi connectivity index (χ3n) is 2.25. The van der Waals surface area contributed by atoms with E-state index in [4.69, 9.17) is 5.26 Å². The van der Waals surface area contributed by atoms with Gasteiger partial charge in [-0.1, -0.05) is 11.6 Å². The molecule has 0 saturated heterocycles. The Morgan fingerprint density at radius 3 is 2.80 bits per heavy atom. The van der Waals surface area contributed by atoms with Gasteiger partial charge >= 0.3 is 0 Å². The Morgan fingerprint density at radius 2 is 2.13 bits per heavy atom. The van der Waals surface area contributed by atoms with Gasteiger partial charge in [-0.05, 0) is 31.4 Å². The first-order valence-electron chi connectivity index (χ1n) is 4.60. The summed E-state index contributed by atoms with van der Waals surface area (Å²) < 4.78 is 0. The molecule has 0 saturated carbocycles. The number of hydrogen-bond acceptors (Lipinski definition) is 3. The minimum atomic E-state index is 0.653. The second kappa shape index (κ2) is 3.92. The van der Waals surface area contributed by atoms with Gasteiger partial charge in [0, 0.05) is 5.39 Å². The number of hydrogen-bond donors (Lipinski definition) is 0. The van der Waals surface area contributed by atoms with Crippen LogP contribution in [-0.4, -0.2) is 11.2 Å². The van der Waals surface area contributed by atoms with Crippen LogP contribution in [0.1, 0.15) is 11.1 Å². The highest BCUT2D eigenvalue weighted by atomic mass is 32.2. The highest BCUT2D eigenvalue weighted by molar-refractivity contribution is 7.98. The third-order valence-corrected chi connectivity index (χ3v) is 2.95. The van der Waals surface area contributed by atoms with Crippen molar-refractivity contribution >= 4 is 22.7 Å². The van der Waals surface area contributed by atoms with E-state index < -0.39 is 0 Å². The van der Waals surface area contributed by atoms with Gasteiger partial charge in [0.1, 0.15) is 11.1 Å². The van der Waals surface area contributed by atoms with E-state index >= 15 is 0 Å². The quantitative estimate of drug-likeness (QED) is 0.684. The summed E-state index contributed by atoms with van der Waals surface area (Å²) in [6.07, 6.45) is 1.93. The fraction of sp³-hybridized carbons (Fsp3) is 0.167. The maximum Gasteiger partial charge on any atom is 0.114 e. The average Bonchev–Trinajstić information content (AvgIpc) is 2.27. The number of benzene rings is 1. The second-order valence-corrected chi connectivity index (χ2v) is 4.15. The summed E-state index contributed by atoms with van der Waals surface area (Å²) >= 11 is 1.51. The Kier molecular flexibility index (Phi) is 2.61. The minimum absolute atomic E-state index is 0.653. The summed E-state index contributed by atoms with van der Waals surface area (Å²) in [7, 11) is 0. The van der Waals surface area contributed by atoms with Crippen molar-refractivity contribution in [3.63, 3.8) is 0 Å². The minimum Gasteiger partial charge on any atom is -0.240 e. The Morgan fingerprint density at radius 1 is 1.33 bits per heavy atom. The maximum atomic E-state index is 8.97. The van der Waals surface area contributed by atoms with E-state index in [1.807, 2.05) is 37.4 Å². The number of thioether (sulfide) groups is 1. The van der Waals surface area contributed by atoms with E-state index in [9.17, 15) is 0 Å². The zero-order valence-electron chi connectivity index (χ0n) is 8.61. The van der Waals surface area contributed by atoms with E-state index in [2.05, 4.69) is 11.1 Å². The molecule has 0 atom stereocenters. The molecule has 1 aromatic heterocycles. The van der Waals surface area contributed by atoms with Crippen LogP contribution in [0.5, 0.6) is 0 Å². The molecule has 0 aliphatic rings. The van der Waals surface area contributed by atoms with Crippen molar-refractivity contribution in [2.24, 2.45) is 0 Å². The van der Waals surface area contributed by atoms with Gasteiger partial charge < -0.3 is 0 Å². The molecular formula is C12H10N2S. The van der Waals surface area contributed by atoms with Crippen molar-refractivity contribution in [1.82, 2.24) is 4.98 Å². The summed E-state index contributed by atoms with van der Waals surface area (Å²) in [5, 5.41) is 10.8. The lowest BCUT2D eigenvalue weighted by molar-refractivity contribution is 1.16. The standard InChI is InChI=1S/C12H10N2S/c1-8-3-4-11-9(5-8)6-10(7-13)12(14-11)15-2/h3-6H,1-2H3. The Balaban J connectivity index is 2.77. The molecule has 15 heavy (non-hydrogen) atoms. The topological polar surface area (TPSA) is 36.7 Å². The van der Waals surface area contributed by atoms with Crippen LogP contribution in [0.2, 0.25) is 0 Å². The van der Waals surface area contributed by atoms with Gasteiger partial charge in [-0.2, -0.15) is 5.26 Å². The molecular weight excluding hydrogens is 204 g/mol. The van der Waals surface area contributed by atoms with E-state index in [-0.39, 0.29) is 0 Å². The van der Waals surface area contributed by atoms with E-state index in [1.54, 1.807) is 0 Å². The van der Waals surface area contributed by atoms with Crippen molar-refractivity contribution in [2.45, 2.75) is 11.9 Å². The molecule has 0 aliphatic carbocycles. The van der Waals surface area contributed by atoms with E-state index in [0.717, 1.165) is 15.9 Å². The zero-order valence-corrected chi connectivity index (χ0v) is 9.43. The number of rotatable bonds is 1. The van der Waals surface area contributed by atoms with Crippen LogP contribution in [0.4, 0.5) is 0 Å². The molecule has 0 unspecified atom stereocenters. The van der Waals surface area contributed by atoms with Crippen molar-refractivity contribution < 1.29 is 0 Å². The Bertz CT molecular complexity index is 555. The normalized spacial score (nSPS) is 10.2. The highest BCUT2D eigenvalue weighted by Crippen LogP contribution is 2.23. The fourth-order valence-corrected chi connectivity index (χ4v) is 2.03. The number of pyridine rings is 1. The van der Waals surface area contributed by atoms with Gasteiger partial charge in [-0.15, -0.1) is 11.8 Å². The molecule has 0 spiro atoms. The molecule has 2 nitrogen and oxygen atoms in total. The smallest absolute Gasteiger partial charge is 0.114 e. The lowest BCUT2D eigenvalue weighted by atomic mass is 10.1. The number of aromatic nitrogens is 1. The van der Waals surface area contributed by atoms with Gasteiger partial charge in [0.25, 0.3) is 0 Å². The Hall–Kier alpha value is -1.53. The summed E-state index contributed by atoms with van der Waals surface area (Å²) in [5.74, 6) is 0. The van der Waals surface area contributed by atoms with Crippen LogP contribution in [0, 0.1) is 18.3 Å². The molecule has 0 N–H and O–H groups in total. The van der Waals surface area contributed by atoms with Crippen LogP contribution in [0.25, 0.3) is 10.9 Å². The van der Waals surface area contributed by atoms with Crippen LogP contribution in [-0.2, 0) is 0 Å². The molecule has 1 heterocycles. The van der Waals surface area contributed by atoms with Crippen molar-refractivity contribution in [1.29, 1.82) is 5.26 Å². The van der Waals surface area contributed by atoms with Gasteiger partial charge in [-0.3, -0.25) is 0 Å². The molecule has 3 heteroatoms. The Labute approximate surface area is 92.9 Å². The van der Waals surface area contributed by atoms with Crippen LogP contribution < -0.4 is 0 Å².